The number of aromatic amines is 1. The molecule has 3 rings (SSSR count). The van der Waals surface area contributed by atoms with Crippen LogP contribution in [0, 0.1) is 0 Å². The Hall–Kier alpha value is -1.86. The number of H-pyrrole nitrogens is 1. The first kappa shape index (κ1) is 13.1. The number of anilines is 1. The lowest BCUT2D eigenvalue weighted by Crippen LogP contribution is -2.05. The summed E-state index contributed by atoms with van der Waals surface area (Å²) in [7, 11) is 0. The van der Waals surface area contributed by atoms with Gasteiger partial charge in [-0.15, -0.1) is 0 Å². The number of nitrogens with two attached hydrogens (primary N) is 1. The molecule has 0 aliphatic heterocycles. The molecule has 1 aromatic carbocycles. The Morgan fingerprint density at radius 1 is 1.25 bits per heavy atom. The maximum absolute atomic E-state index is 11.3. The van der Waals surface area contributed by atoms with Crippen LogP contribution in [0.5, 0.6) is 0 Å². The summed E-state index contributed by atoms with van der Waals surface area (Å²) in [5.41, 5.74) is 7.23. The van der Waals surface area contributed by atoms with Gasteiger partial charge in [0.05, 0.1) is 5.52 Å². The molecule has 0 atom stereocenters. The van der Waals surface area contributed by atoms with Crippen LogP contribution in [0.3, 0.4) is 0 Å². The van der Waals surface area contributed by atoms with E-state index in [1.165, 1.54) is 24.0 Å². The molecule has 0 aliphatic rings. The number of nitrogens with one attached hydrogen (secondary N) is 1. The fourth-order valence-corrected chi connectivity index (χ4v) is 2.98. The molecule has 2 aromatic heterocycles. The Kier molecular flexibility index (Phi) is 3.45. The molecular weight excluding hydrogens is 340 g/mol. The predicted molar refractivity (Wildman–Crippen MR) is 82.8 cm³/mol. The first-order chi connectivity index (χ1) is 9.63. The molecule has 3 aromatic rings. The highest BCUT2D eigenvalue weighted by molar-refractivity contribution is 9.10. The van der Waals surface area contributed by atoms with Crippen LogP contribution in [0.1, 0.15) is 0 Å². The van der Waals surface area contributed by atoms with E-state index in [0.717, 1.165) is 20.3 Å². The summed E-state index contributed by atoms with van der Waals surface area (Å²) >= 11 is 4.73. The summed E-state index contributed by atoms with van der Waals surface area (Å²) in [5.74, 6) is 0. The largest absolute Gasteiger partial charge is 0.398 e. The van der Waals surface area contributed by atoms with Crippen molar-refractivity contribution in [2.24, 2.45) is 0 Å². The molecule has 0 spiro atoms. The first-order valence-corrected chi connectivity index (χ1v) is 7.31. The zero-order chi connectivity index (χ0) is 14.1. The highest BCUT2D eigenvalue weighted by Crippen LogP contribution is 2.33. The Morgan fingerprint density at radius 3 is 2.90 bits per heavy atom. The van der Waals surface area contributed by atoms with Crippen molar-refractivity contribution < 1.29 is 0 Å². The number of halogens is 1. The van der Waals surface area contributed by atoms with Crippen LogP contribution in [0.4, 0.5) is 5.69 Å². The lowest BCUT2D eigenvalue weighted by molar-refractivity contribution is 0.937. The number of nitrogens with zero attached hydrogens (tertiary/aromatic N) is 2. The van der Waals surface area contributed by atoms with Gasteiger partial charge in [0.15, 0.2) is 5.16 Å². The third kappa shape index (κ3) is 2.54. The average Bonchev–Trinajstić information content (AvgIpc) is 2.42. The van der Waals surface area contributed by atoms with Crippen molar-refractivity contribution in [3.63, 3.8) is 0 Å². The number of nitrogen functional groups attached to an aromatic ring is 1. The third-order valence-corrected chi connectivity index (χ3v) is 4.05. The van der Waals surface area contributed by atoms with E-state index in [0.29, 0.717) is 10.8 Å². The molecule has 3 N–H and O–H groups in total. The van der Waals surface area contributed by atoms with Crippen LogP contribution in [0.2, 0.25) is 0 Å². The number of aromatic nitrogens is 3. The highest BCUT2D eigenvalue weighted by Gasteiger charge is 2.09. The maximum atomic E-state index is 11.3. The number of pyridine rings is 1. The smallest absolute Gasteiger partial charge is 0.251 e. The number of benzene rings is 1. The quantitative estimate of drug-likeness (QED) is 0.549. The van der Waals surface area contributed by atoms with E-state index in [2.05, 4.69) is 30.9 Å². The molecule has 0 saturated carbocycles. The van der Waals surface area contributed by atoms with Gasteiger partial charge in [0, 0.05) is 38.9 Å². The molecule has 0 saturated heterocycles. The molecule has 0 aliphatic carbocycles. The molecule has 0 amide bonds. The second-order valence-corrected chi connectivity index (χ2v) is 5.99. The normalized spacial score (nSPS) is 10.8. The van der Waals surface area contributed by atoms with Gasteiger partial charge in [-0.1, -0.05) is 0 Å². The predicted octanol–water partition coefficient (Wildman–Crippen LogP) is 2.81. The van der Waals surface area contributed by atoms with E-state index in [1.54, 1.807) is 6.20 Å². The Labute approximate surface area is 126 Å². The van der Waals surface area contributed by atoms with Gasteiger partial charge in [0.2, 0.25) is 0 Å². The van der Waals surface area contributed by atoms with Gasteiger partial charge in [-0.25, -0.2) is 4.98 Å². The second kappa shape index (κ2) is 5.26. The molecule has 0 fully saturated rings. The van der Waals surface area contributed by atoms with Gasteiger partial charge >= 0.3 is 0 Å². The van der Waals surface area contributed by atoms with Crippen LogP contribution < -0.4 is 11.3 Å². The van der Waals surface area contributed by atoms with Crippen molar-refractivity contribution >= 4 is 44.3 Å². The summed E-state index contributed by atoms with van der Waals surface area (Å²) in [6, 6.07) is 6.99. The molecule has 0 bridgehead atoms. The van der Waals surface area contributed by atoms with E-state index in [-0.39, 0.29) is 5.56 Å². The molecule has 0 unspecified atom stereocenters. The zero-order valence-corrected chi connectivity index (χ0v) is 12.5. The third-order valence-electron chi connectivity index (χ3n) is 2.67. The van der Waals surface area contributed by atoms with Crippen LogP contribution in [0.25, 0.3) is 10.9 Å². The van der Waals surface area contributed by atoms with Crippen molar-refractivity contribution in [2.75, 3.05) is 5.73 Å². The molecule has 2 heterocycles. The second-order valence-electron chi connectivity index (χ2n) is 4.04. The summed E-state index contributed by atoms with van der Waals surface area (Å²) < 4.78 is 0.866. The van der Waals surface area contributed by atoms with Gasteiger partial charge in [-0.05, 0) is 45.9 Å². The Morgan fingerprint density at radius 2 is 2.10 bits per heavy atom. The van der Waals surface area contributed by atoms with Gasteiger partial charge in [-0.3, -0.25) is 9.78 Å². The van der Waals surface area contributed by atoms with Crippen LogP contribution in [-0.4, -0.2) is 15.0 Å². The Bertz CT molecular complexity index is 849. The summed E-state index contributed by atoms with van der Waals surface area (Å²) in [6.07, 6.45) is 3.19. The van der Waals surface area contributed by atoms with Crippen molar-refractivity contribution in [3.8, 4) is 0 Å². The van der Waals surface area contributed by atoms with Crippen LogP contribution in [-0.2, 0) is 0 Å². The minimum atomic E-state index is -0.182. The summed E-state index contributed by atoms with van der Waals surface area (Å²) in [4.78, 5) is 23.4. The number of hydrogen-bond donors (Lipinski definition) is 2. The number of rotatable bonds is 2. The monoisotopic (exact) mass is 348 g/mol. The fraction of sp³-hybridized carbons (Fsp3) is 0. The molecule has 0 radical (unpaired) electrons. The zero-order valence-electron chi connectivity index (χ0n) is 10.1. The minimum absolute atomic E-state index is 0.182. The van der Waals surface area contributed by atoms with E-state index in [4.69, 9.17) is 5.73 Å². The van der Waals surface area contributed by atoms with Gasteiger partial charge in [-0.2, -0.15) is 0 Å². The van der Waals surface area contributed by atoms with Crippen molar-refractivity contribution in [3.05, 3.63) is 51.5 Å². The van der Waals surface area contributed by atoms with Crippen molar-refractivity contribution in [1.82, 2.24) is 15.0 Å². The first-order valence-electron chi connectivity index (χ1n) is 5.70. The minimum Gasteiger partial charge on any atom is -0.398 e. The van der Waals surface area contributed by atoms with Gasteiger partial charge < -0.3 is 10.7 Å². The molecule has 20 heavy (non-hydrogen) atoms. The topological polar surface area (TPSA) is 84.7 Å². The lowest BCUT2D eigenvalue weighted by Gasteiger charge is -2.07. The Balaban J connectivity index is 2.13. The van der Waals surface area contributed by atoms with E-state index in [1.807, 2.05) is 18.2 Å². The van der Waals surface area contributed by atoms with Crippen LogP contribution in [0.15, 0.2) is 56.0 Å². The molecule has 100 valence electrons. The van der Waals surface area contributed by atoms with Crippen molar-refractivity contribution in [2.45, 2.75) is 10.1 Å². The summed E-state index contributed by atoms with van der Waals surface area (Å²) in [5, 5.41) is 1.39. The van der Waals surface area contributed by atoms with Gasteiger partial charge in [0.25, 0.3) is 5.56 Å². The average molecular weight is 349 g/mol. The fourth-order valence-electron chi connectivity index (χ4n) is 1.78. The summed E-state index contributed by atoms with van der Waals surface area (Å²) in [6.45, 7) is 0. The van der Waals surface area contributed by atoms with Crippen molar-refractivity contribution in [1.29, 1.82) is 0 Å². The maximum Gasteiger partial charge on any atom is 0.251 e. The standard InChI is InChI=1S/C13H9BrN4OS/c14-7-5-8-9(15)1-2-10(12(8)17-6-7)20-13-16-4-3-11(19)18-13/h1-6H,15H2,(H,16,18,19). The highest BCUT2D eigenvalue weighted by atomic mass is 79.9. The number of hydrogen-bond acceptors (Lipinski definition) is 5. The van der Waals surface area contributed by atoms with E-state index >= 15 is 0 Å². The molecule has 5 nitrogen and oxygen atoms in total. The van der Waals surface area contributed by atoms with E-state index < -0.39 is 0 Å². The lowest BCUT2D eigenvalue weighted by atomic mass is 10.2. The number of fused-ring (bicyclic) bond motifs is 1. The van der Waals surface area contributed by atoms with E-state index in [9.17, 15) is 4.79 Å². The van der Waals surface area contributed by atoms with Crippen LogP contribution >= 0.6 is 27.7 Å². The molecule has 7 heteroatoms. The van der Waals surface area contributed by atoms with Gasteiger partial charge in [0.1, 0.15) is 0 Å². The molecular formula is C13H9BrN4OS. The SMILES string of the molecule is Nc1ccc(Sc2nccc(=O)[nH]2)c2ncc(Br)cc12.